The molecule has 0 fully saturated rings. The first-order chi connectivity index (χ1) is 5.22. The number of carbonyl (C=O) groups excluding carboxylic acids is 1. The first kappa shape index (κ1) is 8.72. The Balaban J connectivity index is 2.65. The van der Waals surface area contributed by atoms with E-state index in [9.17, 15) is 4.79 Å². The van der Waals surface area contributed by atoms with Gasteiger partial charge in [0.15, 0.2) is 3.95 Å². The van der Waals surface area contributed by atoms with Gasteiger partial charge >= 0.3 is 0 Å². The lowest BCUT2D eigenvalue weighted by Gasteiger charge is -1.94. The average Bonchev–Trinajstić information content (AvgIpc) is 2.35. The van der Waals surface area contributed by atoms with Gasteiger partial charge in [-0.3, -0.25) is 4.79 Å². The van der Waals surface area contributed by atoms with Crippen LogP contribution in [-0.2, 0) is 4.79 Å². The molecule has 0 radical (unpaired) electrons. The molecule has 3 N–H and O–H groups in total. The average molecular weight is 207 g/mol. The molecule has 0 saturated carbocycles. The van der Waals surface area contributed by atoms with Gasteiger partial charge in [-0.15, -0.1) is 0 Å². The summed E-state index contributed by atoms with van der Waals surface area (Å²) >= 11 is 4.76. The highest BCUT2D eigenvalue weighted by Gasteiger charge is 2.01. The Bertz CT molecular complexity index is 304. The summed E-state index contributed by atoms with van der Waals surface area (Å²) in [6.45, 7) is -0.0307. The van der Waals surface area contributed by atoms with Crippen molar-refractivity contribution in [2.75, 3.05) is 11.9 Å². The summed E-state index contributed by atoms with van der Waals surface area (Å²) in [5.74, 6) is -0.249. The van der Waals surface area contributed by atoms with E-state index in [1.807, 2.05) is 0 Å². The number of aromatic nitrogens is 1. The van der Waals surface area contributed by atoms with Gasteiger partial charge in [0.25, 0.3) is 0 Å². The number of rotatable bonds is 2. The predicted octanol–water partition coefficient (Wildman–Crippen LogP) is 0.831. The van der Waals surface area contributed by atoms with Crippen LogP contribution in [0.4, 0.5) is 5.13 Å². The van der Waals surface area contributed by atoms with E-state index in [-0.39, 0.29) is 12.5 Å². The predicted molar refractivity (Wildman–Crippen MR) is 48.5 cm³/mol. The molecule has 11 heavy (non-hydrogen) atoms. The van der Waals surface area contributed by atoms with Crippen molar-refractivity contribution in [3.8, 4) is 0 Å². The minimum Gasteiger partial charge on any atom is -0.322 e. The van der Waals surface area contributed by atoms with Gasteiger partial charge in [-0.1, -0.05) is 0 Å². The summed E-state index contributed by atoms with van der Waals surface area (Å²) in [4.78, 5) is 14.6. The van der Waals surface area contributed by atoms with E-state index in [0.29, 0.717) is 9.09 Å². The molecule has 0 aliphatic heterocycles. The minimum absolute atomic E-state index is 0.0307. The second kappa shape index (κ2) is 3.86. The van der Waals surface area contributed by atoms with Crippen LogP contribution < -0.4 is 11.1 Å². The normalized spacial score (nSPS) is 9.55. The van der Waals surface area contributed by atoms with Crippen LogP contribution in [0.25, 0.3) is 0 Å². The molecule has 1 amide bonds. The van der Waals surface area contributed by atoms with Crippen molar-refractivity contribution in [3.05, 3.63) is 3.95 Å². The number of hydrogen-bond acceptors (Lipinski definition) is 6. The molecule has 1 aromatic heterocycles. The Labute approximate surface area is 75.5 Å². The van der Waals surface area contributed by atoms with Gasteiger partial charge in [-0.05, 0) is 32.9 Å². The molecule has 0 bridgehead atoms. The van der Waals surface area contributed by atoms with Gasteiger partial charge in [0, 0.05) is 0 Å². The summed E-state index contributed by atoms with van der Waals surface area (Å²) in [5, 5.41) is 3.02. The third kappa shape index (κ3) is 2.62. The van der Waals surface area contributed by atoms with Crippen molar-refractivity contribution in [1.29, 1.82) is 0 Å². The molecule has 0 atom stereocenters. The van der Waals surface area contributed by atoms with Crippen LogP contribution in [0, 0.1) is 3.95 Å². The molecule has 1 rings (SSSR count). The number of amides is 1. The summed E-state index contributed by atoms with van der Waals surface area (Å²) in [7, 11) is 2.68. The summed E-state index contributed by atoms with van der Waals surface area (Å²) < 4.78 is 0.530. The molecule has 7 heteroatoms. The van der Waals surface area contributed by atoms with Gasteiger partial charge in [0.2, 0.25) is 11.0 Å². The maximum absolute atomic E-state index is 10.7. The number of nitrogens with two attached hydrogens (primary N) is 1. The lowest BCUT2D eigenvalue weighted by atomic mass is 10.6. The van der Waals surface area contributed by atoms with Crippen molar-refractivity contribution in [1.82, 2.24) is 4.98 Å². The van der Waals surface area contributed by atoms with Gasteiger partial charge in [0.05, 0.1) is 6.54 Å². The van der Waals surface area contributed by atoms with Crippen LogP contribution in [0.15, 0.2) is 0 Å². The highest BCUT2D eigenvalue weighted by Crippen LogP contribution is 2.18. The van der Waals surface area contributed by atoms with Gasteiger partial charge in [-0.2, -0.15) is 4.98 Å². The fourth-order valence-corrected chi connectivity index (χ4v) is 2.29. The summed E-state index contributed by atoms with van der Waals surface area (Å²) in [5.41, 5.74) is 5.07. The van der Waals surface area contributed by atoms with Gasteiger partial charge < -0.3 is 11.1 Å². The van der Waals surface area contributed by atoms with E-state index in [1.54, 1.807) is 0 Å². The SMILES string of the molecule is NCC(=O)Nc1nc(=S)ss1. The Hall–Kier alpha value is -0.370. The molecule has 0 unspecified atom stereocenters. The maximum Gasteiger partial charge on any atom is 0.239 e. The smallest absolute Gasteiger partial charge is 0.239 e. The molecule has 0 aliphatic carbocycles. The second-order valence-electron chi connectivity index (χ2n) is 1.60. The Morgan fingerprint density at radius 3 is 2.91 bits per heavy atom. The molecule has 60 valence electrons. The summed E-state index contributed by atoms with van der Waals surface area (Å²) in [6.07, 6.45) is 0. The lowest BCUT2D eigenvalue weighted by Crippen LogP contribution is -2.21. The molecule has 0 spiro atoms. The molecular weight excluding hydrogens is 202 g/mol. The Kier molecular flexibility index (Phi) is 3.06. The zero-order valence-corrected chi connectivity index (χ0v) is 7.81. The monoisotopic (exact) mass is 207 g/mol. The molecule has 1 aromatic rings. The van der Waals surface area contributed by atoms with E-state index in [2.05, 4.69) is 10.3 Å². The molecule has 0 saturated heterocycles. The van der Waals surface area contributed by atoms with Crippen molar-refractivity contribution in [3.63, 3.8) is 0 Å². The highest BCUT2D eigenvalue weighted by atomic mass is 32.9. The van der Waals surface area contributed by atoms with Crippen molar-refractivity contribution < 1.29 is 4.79 Å². The van der Waals surface area contributed by atoms with Crippen LogP contribution in [0.3, 0.4) is 0 Å². The molecule has 4 nitrogen and oxygen atoms in total. The Morgan fingerprint density at radius 1 is 1.73 bits per heavy atom. The topological polar surface area (TPSA) is 68.0 Å². The van der Waals surface area contributed by atoms with Crippen molar-refractivity contribution in [2.45, 2.75) is 0 Å². The fraction of sp³-hybridized carbons (Fsp3) is 0.250. The molecule has 0 aliphatic rings. The molecular formula is C4H5N3OS3. The van der Waals surface area contributed by atoms with E-state index < -0.39 is 0 Å². The lowest BCUT2D eigenvalue weighted by molar-refractivity contribution is -0.114. The quantitative estimate of drug-likeness (QED) is 0.557. The molecule has 1 heterocycles. The van der Waals surface area contributed by atoms with E-state index >= 15 is 0 Å². The van der Waals surface area contributed by atoms with Gasteiger partial charge in [0.1, 0.15) is 0 Å². The van der Waals surface area contributed by atoms with E-state index in [1.165, 1.54) is 20.7 Å². The minimum atomic E-state index is -0.249. The fourth-order valence-electron chi connectivity index (χ4n) is 0.414. The Morgan fingerprint density at radius 2 is 2.45 bits per heavy atom. The zero-order chi connectivity index (χ0) is 8.27. The van der Waals surface area contributed by atoms with Crippen LogP contribution in [-0.4, -0.2) is 17.4 Å². The van der Waals surface area contributed by atoms with E-state index in [0.717, 1.165) is 0 Å². The van der Waals surface area contributed by atoms with Crippen LogP contribution >= 0.6 is 32.9 Å². The van der Waals surface area contributed by atoms with Crippen LogP contribution in [0.5, 0.6) is 0 Å². The first-order valence-corrected chi connectivity index (χ1v) is 5.25. The highest BCUT2D eigenvalue weighted by molar-refractivity contribution is 7.79. The number of nitrogens with one attached hydrogen (secondary N) is 1. The zero-order valence-electron chi connectivity index (χ0n) is 5.36. The second-order valence-corrected chi connectivity index (χ2v) is 4.35. The standard InChI is InChI=1S/C4H5N3OS3/c5-1-2(8)6-3-7-4(9)11-10-3/h1,5H2,(H,6,7,8,9). The van der Waals surface area contributed by atoms with Crippen LogP contribution in [0.2, 0.25) is 0 Å². The van der Waals surface area contributed by atoms with Crippen LogP contribution in [0.1, 0.15) is 0 Å². The van der Waals surface area contributed by atoms with Crippen molar-refractivity contribution >= 4 is 43.9 Å². The first-order valence-electron chi connectivity index (χ1n) is 2.69. The number of hydrogen-bond donors (Lipinski definition) is 2. The third-order valence-electron chi connectivity index (χ3n) is 0.816. The molecule has 0 aromatic carbocycles. The maximum atomic E-state index is 10.7. The summed E-state index contributed by atoms with van der Waals surface area (Å²) in [6, 6.07) is 0. The largest absolute Gasteiger partial charge is 0.322 e. The van der Waals surface area contributed by atoms with E-state index in [4.69, 9.17) is 18.0 Å². The number of carbonyl (C=O) groups is 1. The number of nitrogens with zero attached hydrogens (tertiary/aromatic N) is 1. The third-order valence-corrected chi connectivity index (χ3v) is 3.34. The van der Waals surface area contributed by atoms with Crippen molar-refractivity contribution in [2.24, 2.45) is 5.73 Å². The number of anilines is 1. The van der Waals surface area contributed by atoms with Gasteiger partial charge in [-0.25, -0.2) is 0 Å².